The molecular weight excluding hydrogens is 236 g/mol. The largest absolute Gasteiger partial charge is 0.345 e. The number of nitrogens with zero attached hydrogens (tertiary/aromatic N) is 1. The molecule has 1 spiro atoms. The molecule has 1 atom stereocenters. The first-order chi connectivity index (χ1) is 7.55. The predicted molar refractivity (Wildman–Crippen MR) is 72.4 cm³/mol. The van der Waals surface area contributed by atoms with Gasteiger partial charge in [-0.05, 0) is 43.7 Å². The van der Waals surface area contributed by atoms with Crippen LogP contribution in [0.1, 0.15) is 33.1 Å². The van der Waals surface area contributed by atoms with E-state index in [1.165, 1.54) is 12.8 Å². The van der Waals surface area contributed by atoms with E-state index in [9.17, 15) is 4.79 Å². The van der Waals surface area contributed by atoms with Crippen molar-refractivity contribution in [1.29, 1.82) is 0 Å². The standard InChI is InChI=1S/C13H24N2O.ClH/c1-10(2)9-15(3)12(16)11-8-13(11)4-6-14-7-5-13;/h10-11,14H,4-9H2,1-3H3;1H. The van der Waals surface area contributed by atoms with Gasteiger partial charge in [-0.15, -0.1) is 12.4 Å². The molecule has 1 saturated carbocycles. The lowest BCUT2D eigenvalue weighted by Gasteiger charge is -2.25. The quantitative estimate of drug-likeness (QED) is 0.841. The second kappa shape index (κ2) is 5.57. The molecule has 1 heterocycles. The Labute approximate surface area is 111 Å². The molecule has 2 fully saturated rings. The Hall–Kier alpha value is -0.280. The van der Waals surface area contributed by atoms with E-state index in [1.54, 1.807) is 0 Å². The number of hydrogen-bond donors (Lipinski definition) is 1. The summed E-state index contributed by atoms with van der Waals surface area (Å²) in [4.78, 5) is 14.2. The van der Waals surface area contributed by atoms with Crippen LogP contribution in [0, 0.1) is 17.3 Å². The van der Waals surface area contributed by atoms with Gasteiger partial charge in [0.05, 0.1) is 0 Å². The molecule has 1 aliphatic heterocycles. The van der Waals surface area contributed by atoms with Crippen molar-refractivity contribution in [3.8, 4) is 0 Å². The van der Waals surface area contributed by atoms with E-state index < -0.39 is 0 Å². The molecule has 3 nitrogen and oxygen atoms in total. The molecule has 1 aliphatic carbocycles. The van der Waals surface area contributed by atoms with Crippen LogP contribution in [-0.2, 0) is 4.79 Å². The molecule has 0 bridgehead atoms. The van der Waals surface area contributed by atoms with Crippen molar-refractivity contribution in [3.05, 3.63) is 0 Å². The van der Waals surface area contributed by atoms with E-state index in [0.717, 1.165) is 26.1 Å². The molecule has 0 radical (unpaired) electrons. The fourth-order valence-electron chi connectivity index (χ4n) is 3.08. The van der Waals surface area contributed by atoms with Crippen molar-refractivity contribution in [3.63, 3.8) is 0 Å². The van der Waals surface area contributed by atoms with E-state index in [0.29, 0.717) is 23.2 Å². The Bertz CT molecular complexity index is 275. The lowest BCUT2D eigenvalue weighted by Crippen LogP contribution is -2.36. The van der Waals surface area contributed by atoms with Crippen molar-refractivity contribution in [2.45, 2.75) is 33.1 Å². The SMILES string of the molecule is CC(C)CN(C)C(=O)C1CC12CCNCC2.Cl. The minimum absolute atomic E-state index is 0. The van der Waals surface area contributed by atoms with Gasteiger partial charge in [-0.1, -0.05) is 13.8 Å². The second-order valence-corrected chi connectivity index (χ2v) is 5.98. The van der Waals surface area contributed by atoms with Crippen molar-refractivity contribution in [2.75, 3.05) is 26.7 Å². The summed E-state index contributed by atoms with van der Waals surface area (Å²) >= 11 is 0. The predicted octanol–water partition coefficient (Wildman–Crippen LogP) is 1.91. The Kier molecular flexibility index (Phi) is 4.85. The average molecular weight is 261 g/mol. The summed E-state index contributed by atoms with van der Waals surface area (Å²) in [7, 11) is 1.95. The summed E-state index contributed by atoms with van der Waals surface area (Å²) in [5.41, 5.74) is 0.383. The molecule has 0 aromatic rings. The molecule has 0 aromatic carbocycles. The average Bonchev–Trinajstić information content (AvgIpc) is 2.91. The number of carbonyl (C=O) groups excluding carboxylic acids is 1. The minimum atomic E-state index is 0. The molecule has 4 heteroatoms. The maximum atomic E-state index is 12.2. The molecule has 17 heavy (non-hydrogen) atoms. The first kappa shape index (κ1) is 14.8. The van der Waals surface area contributed by atoms with Crippen molar-refractivity contribution < 1.29 is 4.79 Å². The number of halogens is 1. The molecule has 2 rings (SSSR count). The lowest BCUT2D eigenvalue weighted by molar-refractivity contribution is -0.132. The van der Waals surface area contributed by atoms with Crippen LogP contribution in [0.4, 0.5) is 0 Å². The molecule has 2 aliphatic rings. The van der Waals surface area contributed by atoms with Crippen LogP contribution in [0.25, 0.3) is 0 Å². The van der Waals surface area contributed by atoms with Crippen molar-refractivity contribution in [1.82, 2.24) is 10.2 Å². The lowest BCUT2D eigenvalue weighted by atomic mass is 9.91. The number of hydrogen-bond acceptors (Lipinski definition) is 2. The number of piperidine rings is 1. The Balaban J connectivity index is 0.00000144. The van der Waals surface area contributed by atoms with Gasteiger partial charge in [-0.25, -0.2) is 0 Å². The summed E-state index contributed by atoms with van der Waals surface area (Å²) in [5, 5.41) is 3.38. The van der Waals surface area contributed by atoms with Gasteiger partial charge in [0.1, 0.15) is 0 Å². The Morgan fingerprint density at radius 1 is 1.41 bits per heavy atom. The van der Waals surface area contributed by atoms with Gasteiger partial charge in [0, 0.05) is 19.5 Å². The van der Waals surface area contributed by atoms with Crippen LogP contribution < -0.4 is 5.32 Å². The van der Waals surface area contributed by atoms with Gasteiger partial charge in [0.2, 0.25) is 5.91 Å². The van der Waals surface area contributed by atoms with Crippen molar-refractivity contribution in [2.24, 2.45) is 17.3 Å². The molecule has 1 unspecified atom stereocenters. The minimum Gasteiger partial charge on any atom is -0.345 e. The topological polar surface area (TPSA) is 32.3 Å². The summed E-state index contributed by atoms with van der Waals surface area (Å²) in [6, 6.07) is 0. The monoisotopic (exact) mass is 260 g/mol. The summed E-state index contributed by atoms with van der Waals surface area (Å²) in [6.07, 6.45) is 3.52. The molecule has 0 aromatic heterocycles. The number of carbonyl (C=O) groups is 1. The fraction of sp³-hybridized carbons (Fsp3) is 0.923. The highest BCUT2D eigenvalue weighted by atomic mass is 35.5. The number of amides is 1. The fourth-order valence-corrected chi connectivity index (χ4v) is 3.08. The first-order valence-electron chi connectivity index (χ1n) is 6.51. The second-order valence-electron chi connectivity index (χ2n) is 5.98. The van der Waals surface area contributed by atoms with Crippen LogP contribution in [0.2, 0.25) is 0 Å². The maximum Gasteiger partial charge on any atom is 0.226 e. The maximum absolute atomic E-state index is 12.2. The van der Waals surface area contributed by atoms with Crippen LogP contribution in [-0.4, -0.2) is 37.5 Å². The van der Waals surface area contributed by atoms with E-state index >= 15 is 0 Å². The smallest absolute Gasteiger partial charge is 0.226 e. The molecule has 1 saturated heterocycles. The van der Waals surface area contributed by atoms with E-state index in [4.69, 9.17) is 0 Å². The molecular formula is C13H25ClN2O. The highest BCUT2D eigenvalue weighted by Crippen LogP contribution is 2.59. The zero-order chi connectivity index (χ0) is 11.8. The van der Waals surface area contributed by atoms with Gasteiger partial charge >= 0.3 is 0 Å². The summed E-state index contributed by atoms with van der Waals surface area (Å²) < 4.78 is 0. The van der Waals surface area contributed by atoms with Gasteiger partial charge < -0.3 is 10.2 Å². The first-order valence-corrected chi connectivity index (χ1v) is 6.51. The van der Waals surface area contributed by atoms with Gasteiger partial charge in [0.25, 0.3) is 0 Å². The highest BCUT2D eigenvalue weighted by Gasteiger charge is 2.58. The van der Waals surface area contributed by atoms with Crippen LogP contribution in [0.15, 0.2) is 0 Å². The van der Waals surface area contributed by atoms with E-state index in [-0.39, 0.29) is 12.4 Å². The van der Waals surface area contributed by atoms with Gasteiger partial charge in [-0.3, -0.25) is 4.79 Å². The Morgan fingerprint density at radius 3 is 2.53 bits per heavy atom. The third-order valence-corrected chi connectivity index (χ3v) is 4.10. The number of nitrogens with one attached hydrogen (secondary N) is 1. The third-order valence-electron chi connectivity index (χ3n) is 4.10. The summed E-state index contributed by atoms with van der Waals surface area (Å²) in [6.45, 7) is 7.41. The normalized spacial score (nSPS) is 25.5. The molecule has 100 valence electrons. The van der Waals surface area contributed by atoms with Gasteiger partial charge in [-0.2, -0.15) is 0 Å². The van der Waals surface area contributed by atoms with Crippen molar-refractivity contribution >= 4 is 18.3 Å². The molecule has 1 N–H and O–H groups in total. The highest BCUT2D eigenvalue weighted by molar-refractivity contribution is 5.85. The van der Waals surface area contributed by atoms with Crippen LogP contribution >= 0.6 is 12.4 Å². The zero-order valence-electron chi connectivity index (χ0n) is 11.2. The third kappa shape index (κ3) is 3.14. The van der Waals surface area contributed by atoms with Crippen LogP contribution in [0.3, 0.4) is 0 Å². The zero-order valence-corrected chi connectivity index (χ0v) is 12.0. The van der Waals surface area contributed by atoms with Crippen LogP contribution in [0.5, 0.6) is 0 Å². The van der Waals surface area contributed by atoms with Gasteiger partial charge in [0.15, 0.2) is 0 Å². The number of rotatable bonds is 3. The van der Waals surface area contributed by atoms with E-state index in [2.05, 4.69) is 19.2 Å². The molecule has 1 amide bonds. The van der Waals surface area contributed by atoms with E-state index in [1.807, 2.05) is 11.9 Å². The Morgan fingerprint density at radius 2 is 2.00 bits per heavy atom. The summed E-state index contributed by atoms with van der Waals surface area (Å²) in [5.74, 6) is 1.28.